The number of ketones is 1. The molecule has 2 atom stereocenters. The minimum absolute atomic E-state index is 0.233. The van der Waals surface area contributed by atoms with E-state index in [1.54, 1.807) is 0 Å². The molecule has 0 N–H and O–H groups in total. The number of nitrogens with zero attached hydrogens (tertiary/aromatic N) is 1. The maximum Gasteiger partial charge on any atom is 0.169 e. The van der Waals surface area contributed by atoms with E-state index in [1.807, 2.05) is 30.3 Å². The SMILES string of the molecule is CC(C)(CN1CC2CCC(C1)O2)C(=O)c1ccccc1. The lowest BCUT2D eigenvalue weighted by molar-refractivity contribution is -0.0458. The highest BCUT2D eigenvalue weighted by Crippen LogP contribution is 2.30. The number of Topliss-reactive ketones (excluding diaryl/α,β-unsaturated/α-hetero) is 1. The lowest BCUT2D eigenvalue weighted by Crippen LogP contribution is -2.48. The fourth-order valence-electron chi connectivity index (χ4n) is 3.44. The van der Waals surface area contributed by atoms with Gasteiger partial charge >= 0.3 is 0 Å². The molecule has 2 aliphatic heterocycles. The van der Waals surface area contributed by atoms with Crippen LogP contribution in [0.1, 0.15) is 37.0 Å². The number of carbonyl (C=O) groups excluding carboxylic acids is 1. The van der Waals surface area contributed by atoms with Gasteiger partial charge in [0.05, 0.1) is 12.2 Å². The molecule has 20 heavy (non-hydrogen) atoms. The van der Waals surface area contributed by atoms with Crippen LogP contribution in [0.4, 0.5) is 0 Å². The zero-order valence-corrected chi connectivity index (χ0v) is 12.3. The van der Waals surface area contributed by atoms with Crippen LogP contribution in [0.5, 0.6) is 0 Å². The first-order valence-corrected chi connectivity index (χ1v) is 7.52. The summed E-state index contributed by atoms with van der Waals surface area (Å²) in [6.07, 6.45) is 3.12. The molecule has 0 amide bonds. The van der Waals surface area contributed by atoms with Crippen LogP contribution >= 0.6 is 0 Å². The molecule has 2 unspecified atom stereocenters. The molecule has 0 spiro atoms. The fraction of sp³-hybridized carbons (Fsp3) is 0.588. The van der Waals surface area contributed by atoms with Gasteiger partial charge < -0.3 is 4.74 Å². The predicted octanol–water partition coefficient (Wildman–Crippen LogP) is 2.76. The average molecular weight is 273 g/mol. The van der Waals surface area contributed by atoms with Crippen molar-refractivity contribution in [1.29, 1.82) is 0 Å². The Labute approximate surface area is 120 Å². The van der Waals surface area contributed by atoms with E-state index < -0.39 is 0 Å². The van der Waals surface area contributed by atoms with Gasteiger partial charge in [-0.05, 0) is 12.8 Å². The van der Waals surface area contributed by atoms with Crippen LogP contribution in [-0.4, -0.2) is 42.5 Å². The van der Waals surface area contributed by atoms with E-state index in [1.165, 1.54) is 12.8 Å². The van der Waals surface area contributed by atoms with Gasteiger partial charge in [0.15, 0.2) is 5.78 Å². The lowest BCUT2D eigenvalue weighted by atomic mass is 9.83. The Morgan fingerprint density at radius 3 is 2.40 bits per heavy atom. The zero-order valence-electron chi connectivity index (χ0n) is 12.3. The largest absolute Gasteiger partial charge is 0.372 e. The molecule has 2 fully saturated rings. The van der Waals surface area contributed by atoms with Crippen molar-refractivity contribution in [2.45, 2.75) is 38.9 Å². The zero-order chi connectivity index (χ0) is 14.2. The third kappa shape index (κ3) is 2.79. The molecule has 2 aliphatic rings. The van der Waals surface area contributed by atoms with Crippen molar-refractivity contribution < 1.29 is 9.53 Å². The number of likely N-dealkylation sites (tertiary alicyclic amines) is 1. The third-order valence-corrected chi connectivity index (χ3v) is 4.39. The molecule has 0 radical (unpaired) electrons. The van der Waals surface area contributed by atoms with Crippen molar-refractivity contribution in [3.05, 3.63) is 35.9 Å². The molecule has 2 heterocycles. The number of fused-ring (bicyclic) bond motifs is 2. The number of morpholine rings is 1. The number of rotatable bonds is 4. The number of ether oxygens (including phenoxy) is 1. The van der Waals surface area contributed by atoms with E-state index in [0.717, 1.165) is 25.2 Å². The van der Waals surface area contributed by atoms with Crippen molar-refractivity contribution in [3.8, 4) is 0 Å². The number of carbonyl (C=O) groups is 1. The molecule has 3 nitrogen and oxygen atoms in total. The van der Waals surface area contributed by atoms with Gasteiger partial charge in [-0.2, -0.15) is 0 Å². The molecular formula is C17H23NO2. The first kappa shape index (κ1) is 13.8. The Bertz CT molecular complexity index is 471. The quantitative estimate of drug-likeness (QED) is 0.790. The summed E-state index contributed by atoms with van der Waals surface area (Å²) in [6, 6.07) is 9.63. The van der Waals surface area contributed by atoms with E-state index >= 15 is 0 Å². The molecule has 1 aromatic rings. The number of hydrogen-bond donors (Lipinski definition) is 0. The van der Waals surface area contributed by atoms with Crippen LogP contribution in [-0.2, 0) is 4.74 Å². The van der Waals surface area contributed by atoms with Gasteiger partial charge in [0.25, 0.3) is 0 Å². The van der Waals surface area contributed by atoms with E-state index in [9.17, 15) is 4.79 Å². The average Bonchev–Trinajstić information content (AvgIpc) is 2.77. The minimum atomic E-state index is -0.349. The normalized spacial score (nSPS) is 26.7. The first-order valence-electron chi connectivity index (χ1n) is 7.52. The molecule has 1 aromatic carbocycles. The smallest absolute Gasteiger partial charge is 0.169 e. The Balaban J connectivity index is 1.67. The van der Waals surface area contributed by atoms with Crippen molar-refractivity contribution in [3.63, 3.8) is 0 Å². The summed E-state index contributed by atoms with van der Waals surface area (Å²) in [5.74, 6) is 0.233. The van der Waals surface area contributed by atoms with Crippen LogP contribution < -0.4 is 0 Å². The summed E-state index contributed by atoms with van der Waals surface area (Å²) in [5.41, 5.74) is 0.465. The summed E-state index contributed by atoms with van der Waals surface area (Å²) < 4.78 is 5.86. The lowest BCUT2D eigenvalue weighted by Gasteiger charge is -2.37. The van der Waals surface area contributed by atoms with Gasteiger partial charge in [0.1, 0.15) is 0 Å². The molecule has 3 rings (SSSR count). The van der Waals surface area contributed by atoms with E-state index in [4.69, 9.17) is 4.74 Å². The van der Waals surface area contributed by atoms with E-state index in [0.29, 0.717) is 12.2 Å². The Kier molecular flexibility index (Phi) is 3.65. The van der Waals surface area contributed by atoms with Crippen molar-refractivity contribution in [2.75, 3.05) is 19.6 Å². The van der Waals surface area contributed by atoms with Crippen molar-refractivity contribution >= 4 is 5.78 Å². The summed E-state index contributed by atoms with van der Waals surface area (Å²) in [4.78, 5) is 15.1. The maximum absolute atomic E-state index is 12.7. The summed E-state index contributed by atoms with van der Waals surface area (Å²) in [6.45, 7) is 6.88. The first-order chi connectivity index (χ1) is 9.54. The molecule has 0 aromatic heterocycles. The summed E-state index contributed by atoms with van der Waals surface area (Å²) >= 11 is 0. The van der Waals surface area contributed by atoms with Crippen molar-refractivity contribution in [2.24, 2.45) is 5.41 Å². The highest BCUT2D eigenvalue weighted by molar-refractivity contribution is 6.00. The summed E-state index contributed by atoms with van der Waals surface area (Å²) in [7, 11) is 0. The third-order valence-electron chi connectivity index (χ3n) is 4.39. The topological polar surface area (TPSA) is 29.5 Å². The van der Waals surface area contributed by atoms with Gasteiger partial charge in [-0.1, -0.05) is 44.2 Å². The van der Waals surface area contributed by atoms with Gasteiger partial charge in [-0.3, -0.25) is 9.69 Å². The number of hydrogen-bond acceptors (Lipinski definition) is 3. The standard InChI is InChI=1S/C17H23NO2/c1-17(2,16(19)13-6-4-3-5-7-13)12-18-10-14-8-9-15(11-18)20-14/h3-7,14-15H,8-12H2,1-2H3. The minimum Gasteiger partial charge on any atom is -0.372 e. The van der Waals surface area contributed by atoms with Gasteiger partial charge in [-0.15, -0.1) is 0 Å². The summed E-state index contributed by atoms with van der Waals surface area (Å²) in [5, 5.41) is 0. The van der Waals surface area contributed by atoms with E-state index in [2.05, 4.69) is 18.7 Å². The number of benzene rings is 1. The van der Waals surface area contributed by atoms with Crippen LogP contribution in [0.25, 0.3) is 0 Å². The van der Waals surface area contributed by atoms with Gasteiger partial charge in [0, 0.05) is 30.6 Å². The second-order valence-electron chi connectivity index (χ2n) is 6.73. The Morgan fingerprint density at radius 2 is 1.80 bits per heavy atom. The molecule has 3 heteroatoms. The Morgan fingerprint density at radius 1 is 1.20 bits per heavy atom. The molecule has 108 valence electrons. The van der Waals surface area contributed by atoms with Crippen LogP contribution in [0.3, 0.4) is 0 Å². The monoisotopic (exact) mass is 273 g/mol. The highest BCUT2D eigenvalue weighted by atomic mass is 16.5. The maximum atomic E-state index is 12.7. The van der Waals surface area contributed by atoms with Crippen LogP contribution in [0, 0.1) is 5.41 Å². The molecule has 2 saturated heterocycles. The fourth-order valence-corrected chi connectivity index (χ4v) is 3.44. The molecule has 2 bridgehead atoms. The van der Waals surface area contributed by atoms with Gasteiger partial charge in [-0.25, -0.2) is 0 Å². The van der Waals surface area contributed by atoms with Gasteiger partial charge in [0.2, 0.25) is 0 Å². The van der Waals surface area contributed by atoms with Crippen LogP contribution in [0.2, 0.25) is 0 Å². The predicted molar refractivity (Wildman–Crippen MR) is 78.9 cm³/mol. The molecule has 0 aliphatic carbocycles. The van der Waals surface area contributed by atoms with Crippen molar-refractivity contribution in [1.82, 2.24) is 4.90 Å². The van der Waals surface area contributed by atoms with Crippen LogP contribution in [0.15, 0.2) is 30.3 Å². The second-order valence-corrected chi connectivity index (χ2v) is 6.73. The highest BCUT2D eigenvalue weighted by Gasteiger charge is 2.38. The Hall–Kier alpha value is -1.19. The molecular weight excluding hydrogens is 250 g/mol. The molecule has 0 saturated carbocycles. The second kappa shape index (κ2) is 5.30. The van der Waals surface area contributed by atoms with E-state index in [-0.39, 0.29) is 11.2 Å².